The number of amides is 2. The van der Waals surface area contributed by atoms with Crippen LogP contribution in [0.15, 0.2) is 30.3 Å². The van der Waals surface area contributed by atoms with Crippen molar-refractivity contribution in [1.82, 2.24) is 10.6 Å². The fourth-order valence-corrected chi connectivity index (χ4v) is 1.97. The van der Waals surface area contributed by atoms with Crippen LogP contribution in [0, 0.1) is 0 Å². The third kappa shape index (κ3) is 6.06. The molecular weight excluding hydrogens is 276 g/mol. The minimum absolute atomic E-state index is 0.127. The Balaban J connectivity index is 2.39. The van der Waals surface area contributed by atoms with Gasteiger partial charge in [-0.1, -0.05) is 43.7 Å². The van der Waals surface area contributed by atoms with Crippen molar-refractivity contribution >= 4 is 23.4 Å². The molecule has 0 bridgehead atoms. The zero-order chi connectivity index (χ0) is 14.8. The molecule has 1 aromatic rings. The fraction of sp³-hybridized carbons (Fsp3) is 0.467. The maximum absolute atomic E-state index is 12.0. The van der Waals surface area contributed by atoms with Crippen molar-refractivity contribution in [2.45, 2.75) is 32.2 Å². The number of halogens is 1. The molecule has 0 aliphatic rings. The molecule has 2 N–H and O–H groups in total. The largest absolute Gasteiger partial charge is 0.354 e. The topological polar surface area (TPSA) is 58.2 Å². The maximum atomic E-state index is 12.0. The van der Waals surface area contributed by atoms with Crippen LogP contribution in [-0.2, 0) is 16.0 Å². The zero-order valence-corrected chi connectivity index (χ0v) is 12.5. The van der Waals surface area contributed by atoms with Gasteiger partial charge < -0.3 is 10.6 Å². The second kappa shape index (κ2) is 9.37. The molecule has 0 saturated carbocycles. The number of carbonyl (C=O) groups excluding carboxylic acids is 2. The van der Waals surface area contributed by atoms with Crippen LogP contribution in [0.1, 0.15) is 25.3 Å². The lowest BCUT2D eigenvalue weighted by Gasteiger charge is -2.17. The molecule has 2 amide bonds. The van der Waals surface area contributed by atoms with Crippen molar-refractivity contribution in [2.24, 2.45) is 0 Å². The molecule has 0 saturated heterocycles. The average Bonchev–Trinajstić information content (AvgIpc) is 2.47. The van der Waals surface area contributed by atoms with E-state index in [1.165, 1.54) is 5.56 Å². The molecule has 0 aliphatic carbocycles. The molecule has 0 radical (unpaired) electrons. The van der Waals surface area contributed by atoms with E-state index in [0.29, 0.717) is 13.0 Å². The minimum Gasteiger partial charge on any atom is -0.354 e. The Labute approximate surface area is 124 Å². The number of hydrogen-bond donors (Lipinski definition) is 2. The number of nitrogens with one attached hydrogen (secondary N) is 2. The van der Waals surface area contributed by atoms with Crippen molar-refractivity contribution in [3.05, 3.63) is 35.9 Å². The Bertz CT molecular complexity index is 423. The van der Waals surface area contributed by atoms with Gasteiger partial charge in [-0.2, -0.15) is 0 Å². The lowest BCUT2D eigenvalue weighted by Crippen LogP contribution is -2.47. The second-order valence-corrected chi connectivity index (χ2v) is 4.84. The summed E-state index contributed by atoms with van der Waals surface area (Å²) in [6.07, 6.45) is 2.20. The van der Waals surface area contributed by atoms with Gasteiger partial charge in [0.05, 0.1) is 0 Å². The SMILES string of the molecule is CCCC(NC(=O)CCl)C(=O)NCCc1ccccc1. The molecule has 0 aliphatic heterocycles. The summed E-state index contributed by atoms with van der Waals surface area (Å²) in [5.41, 5.74) is 1.17. The molecule has 5 heteroatoms. The van der Waals surface area contributed by atoms with E-state index in [1.807, 2.05) is 37.3 Å². The summed E-state index contributed by atoms with van der Waals surface area (Å²) in [5, 5.41) is 5.48. The van der Waals surface area contributed by atoms with Gasteiger partial charge in [0.2, 0.25) is 11.8 Å². The molecule has 1 rings (SSSR count). The van der Waals surface area contributed by atoms with Gasteiger partial charge in [0, 0.05) is 6.54 Å². The minimum atomic E-state index is -0.498. The number of alkyl halides is 1. The quantitative estimate of drug-likeness (QED) is 0.720. The first kappa shape index (κ1) is 16.5. The molecule has 0 spiro atoms. The Hall–Kier alpha value is -1.55. The Kier molecular flexibility index (Phi) is 7.73. The summed E-state index contributed by atoms with van der Waals surface area (Å²) in [4.78, 5) is 23.3. The van der Waals surface area contributed by atoms with Crippen molar-refractivity contribution in [2.75, 3.05) is 12.4 Å². The molecule has 110 valence electrons. The highest BCUT2D eigenvalue weighted by atomic mass is 35.5. The van der Waals surface area contributed by atoms with Gasteiger partial charge in [0.15, 0.2) is 0 Å². The van der Waals surface area contributed by atoms with Crippen molar-refractivity contribution in [3.8, 4) is 0 Å². The number of carbonyl (C=O) groups is 2. The van der Waals surface area contributed by atoms with E-state index in [4.69, 9.17) is 11.6 Å². The molecule has 4 nitrogen and oxygen atoms in total. The van der Waals surface area contributed by atoms with Crippen LogP contribution in [0.2, 0.25) is 0 Å². The lowest BCUT2D eigenvalue weighted by atomic mass is 10.1. The standard InChI is InChI=1S/C15H21ClN2O2/c1-2-6-13(18-14(19)11-16)15(20)17-10-9-12-7-4-3-5-8-12/h3-5,7-8,13H,2,6,9-11H2,1H3,(H,17,20)(H,18,19). The van der Waals surface area contributed by atoms with Gasteiger partial charge in [-0.3, -0.25) is 9.59 Å². The van der Waals surface area contributed by atoms with E-state index in [1.54, 1.807) is 0 Å². The summed E-state index contributed by atoms with van der Waals surface area (Å²) in [5.74, 6) is -0.595. The molecule has 1 unspecified atom stereocenters. The van der Waals surface area contributed by atoms with E-state index >= 15 is 0 Å². The van der Waals surface area contributed by atoms with Crippen LogP contribution in [0.4, 0.5) is 0 Å². The van der Waals surface area contributed by atoms with Gasteiger partial charge in [0.1, 0.15) is 11.9 Å². The van der Waals surface area contributed by atoms with E-state index in [-0.39, 0.29) is 17.7 Å². The number of rotatable bonds is 8. The summed E-state index contributed by atoms with van der Waals surface area (Å²) in [6.45, 7) is 2.52. The summed E-state index contributed by atoms with van der Waals surface area (Å²) in [6, 6.07) is 9.44. The Morgan fingerprint density at radius 1 is 1.25 bits per heavy atom. The molecular formula is C15H21ClN2O2. The van der Waals surface area contributed by atoms with E-state index in [2.05, 4.69) is 10.6 Å². The van der Waals surface area contributed by atoms with Gasteiger partial charge in [-0.15, -0.1) is 11.6 Å². The molecule has 0 heterocycles. The predicted octanol–water partition coefficient (Wildman–Crippen LogP) is 1.87. The first-order valence-corrected chi connectivity index (χ1v) is 7.37. The van der Waals surface area contributed by atoms with Crippen LogP contribution in [0.5, 0.6) is 0 Å². The Morgan fingerprint density at radius 2 is 1.95 bits per heavy atom. The second-order valence-electron chi connectivity index (χ2n) is 4.57. The first-order valence-electron chi connectivity index (χ1n) is 6.84. The van der Waals surface area contributed by atoms with E-state index in [0.717, 1.165) is 12.8 Å². The third-order valence-electron chi connectivity index (χ3n) is 2.91. The lowest BCUT2D eigenvalue weighted by molar-refractivity contribution is -0.128. The third-order valence-corrected chi connectivity index (χ3v) is 3.15. The van der Waals surface area contributed by atoms with Gasteiger partial charge in [-0.05, 0) is 18.4 Å². The van der Waals surface area contributed by atoms with E-state index < -0.39 is 6.04 Å². The highest BCUT2D eigenvalue weighted by Gasteiger charge is 2.18. The van der Waals surface area contributed by atoms with E-state index in [9.17, 15) is 9.59 Å². The average molecular weight is 297 g/mol. The van der Waals surface area contributed by atoms with Crippen LogP contribution < -0.4 is 10.6 Å². The molecule has 20 heavy (non-hydrogen) atoms. The molecule has 1 atom stereocenters. The first-order chi connectivity index (χ1) is 9.67. The van der Waals surface area contributed by atoms with Crippen LogP contribution in [0.25, 0.3) is 0 Å². The smallest absolute Gasteiger partial charge is 0.242 e. The normalized spacial score (nSPS) is 11.7. The summed E-state index contributed by atoms with van der Waals surface area (Å²) in [7, 11) is 0. The van der Waals surface area contributed by atoms with Gasteiger partial charge in [0.25, 0.3) is 0 Å². The molecule has 0 fully saturated rings. The Morgan fingerprint density at radius 3 is 2.55 bits per heavy atom. The molecule has 0 aromatic heterocycles. The molecule has 1 aromatic carbocycles. The number of benzene rings is 1. The summed E-state index contributed by atoms with van der Waals surface area (Å²) < 4.78 is 0. The zero-order valence-electron chi connectivity index (χ0n) is 11.7. The fourth-order valence-electron chi connectivity index (χ4n) is 1.89. The predicted molar refractivity (Wildman–Crippen MR) is 80.7 cm³/mol. The van der Waals surface area contributed by atoms with Crippen molar-refractivity contribution in [3.63, 3.8) is 0 Å². The van der Waals surface area contributed by atoms with Crippen LogP contribution in [-0.4, -0.2) is 30.3 Å². The number of hydrogen-bond acceptors (Lipinski definition) is 2. The highest BCUT2D eigenvalue weighted by molar-refractivity contribution is 6.27. The van der Waals surface area contributed by atoms with Crippen molar-refractivity contribution in [1.29, 1.82) is 0 Å². The monoisotopic (exact) mass is 296 g/mol. The van der Waals surface area contributed by atoms with Gasteiger partial charge in [-0.25, -0.2) is 0 Å². The van der Waals surface area contributed by atoms with Crippen LogP contribution in [0.3, 0.4) is 0 Å². The van der Waals surface area contributed by atoms with Crippen molar-refractivity contribution < 1.29 is 9.59 Å². The highest BCUT2D eigenvalue weighted by Crippen LogP contribution is 2.00. The summed E-state index contributed by atoms with van der Waals surface area (Å²) >= 11 is 5.44. The van der Waals surface area contributed by atoms with Crippen LogP contribution >= 0.6 is 11.6 Å². The maximum Gasteiger partial charge on any atom is 0.242 e. The van der Waals surface area contributed by atoms with Gasteiger partial charge >= 0.3 is 0 Å².